The average Bonchev–Trinajstić information content (AvgIpc) is 2.39. The third kappa shape index (κ3) is 4.25. The number of amides is 1. The molecule has 3 nitrogen and oxygen atoms in total. The van der Waals surface area contributed by atoms with E-state index in [1.54, 1.807) is 0 Å². The summed E-state index contributed by atoms with van der Waals surface area (Å²) in [5.41, 5.74) is 8.05. The second-order valence-electron chi connectivity index (χ2n) is 4.43. The van der Waals surface area contributed by atoms with Crippen molar-refractivity contribution in [3.8, 4) is 0 Å². The van der Waals surface area contributed by atoms with Gasteiger partial charge in [0, 0.05) is 21.7 Å². The van der Waals surface area contributed by atoms with Gasteiger partial charge in [0.1, 0.15) is 0 Å². The van der Waals surface area contributed by atoms with E-state index in [2.05, 4.69) is 21.2 Å². The molecule has 0 bridgehead atoms. The summed E-state index contributed by atoms with van der Waals surface area (Å²) < 4.78 is 0.960. The average molecular weight is 354 g/mol. The van der Waals surface area contributed by atoms with Gasteiger partial charge in [-0.1, -0.05) is 45.7 Å². The number of carbonyl (C=O) groups is 1. The van der Waals surface area contributed by atoms with Crippen LogP contribution < -0.4 is 11.1 Å². The van der Waals surface area contributed by atoms with Gasteiger partial charge in [-0.15, -0.1) is 0 Å². The monoisotopic (exact) mass is 352 g/mol. The molecule has 0 saturated carbocycles. The molecular weight excluding hydrogens is 340 g/mol. The Labute approximate surface area is 131 Å². The molecular formula is C15H14BrClN2O. The summed E-state index contributed by atoms with van der Waals surface area (Å²) in [7, 11) is 0. The van der Waals surface area contributed by atoms with Gasteiger partial charge >= 0.3 is 0 Å². The molecule has 0 radical (unpaired) electrons. The molecule has 0 atom stereocenters. The molecule has 0 aliphatic rings. The van der Waals surface area contributed by atoms with Gasteiger partial charge in [0.05, 0.1) is 6.42 Å². The van der Waals surface area contributed by atoms with Crippen LogP contribution in [-0.4, -0.2) is 5.91 Å². The van der Waals surface area contributed by atoms with Gasteiger partial charge in [-0.3, -0.25) is 4.79 Å². The maximum atomic E-state index is 10.8. The minimum atomic E-state index is -0.327. The second kappa shape index (κ2) is 6.77. The van der Waals surface area contributed by atoms with Crippen LogP contribution in [0.25, 0.3) is 0 Å². The zero-order valence-corrected chi connectivity index (χ0v) is 13.0. The number of benzene rings is 2. The van der Waals surface area contributed by atoms with Crippen LogP contribution in [0.15, 0.2) is 46.9 Å². The number of hydrogen-bond donors (Lipinski definition) is 2. The van der Waals surface area contributed by atoms with Crippen LogP contribution in [0.2, 0.25) is 5.02 Å². The summed E-state index contributed by atoms with van der Waals surface area (Å²) in [6, 6.07) is 13.4. The van der Waals surface area contributed by atoms with E-state index in [9.17, 15) is 4.79 Å². The zero-order chi connectivity index (χ0) is 14.5. The number of anilines is 1. The molecule has 3 N–H and O–H groups in total. The number of halogens is 2. The van der Waals surface area contributed by atoms with Gasteiger partial charge in [0.25, 0.3) is 0 Å². The number of carbonyl (C=O) groups excluding carboxylic acids is 1. The highest BCUT2D eigenvalue weighted by atomic mass is 79.9. The molecule has 2 rings (SSSR count). The highest BCUT2D eigenvalue weighted by molar-refractivity contribution is 9.10. The van der Waals surface area contributed by atoms with Crippen LogP contribution in [0.5, 0.6) is 0 Å². The van der Waals surface area contributed by atoms with Crippen LogP contribution in [0, 0.1) is 0 Å². The highest BCUT2D eigenvalue weighted by Gasteiger charge is 2.02. The third-order valence-electron chi connectivity index (χ3n) is 2.83. The van der Waals surface area contributed by atoms with Gasteiger partial charge in [-0.05, 0) is 35.4 Å². The van der Waals surface area contributed by atoms with Crippen molar-refractivity contribution in [3.05, 3.63) is 63.1 Å². The molecule has 2 aromatic carbocycles. The van der Waals surface area contributed by atoms with Crippen molar-refractivity contribution in [2.45, 2.75) is 13.0 Å². The lowest BCUT2D eigenvalue weighted by atomic mass is 10.1. The zero-order valence-electron chi connectivity index (χ0n) is 10.7. The summed E-state index contributed by atoms with van der Waals surface area (Å²) in [5, 5.41) is 4.01. The Hall–Kier alpha value is -1.52. The van der Waals surface area contributed by atoms with Crippen molar-refractivity contribution in [2.75, 3.05) is 5.32 Å². The first-order chi connectivity index (χ1) is 9.54. The van der Waals surface area contributed by atoms with Crippen LogP contribution in [0.4, 0.5) is 5.69 Å². The van der Waals surface area contributed by atoms with E-state index in [1.807, 2.05) is 42.5 Å². The molecule has 0 aliphatic carbocycles. The maximum absolute atomic E-state index is 10.8. The molecule has 104 valence electrons. The van der Waals surface area contributed by atoms with Crippen molar-refractivity contribution in [2.24, 2.45) is 5.73 Å². The molecule has 1 amide bonds. The Kier molecular flexibility index (Phi) is 5.04. The first kappa shape index (κ1) is 14.9. The fourth-order valence-electron chi connectivity index (χ4n) is 1.80. The topological polar surface area (TPSA) is 55.1 Å². The lowest BCUT2D eigenvalue weighted by Crippen LogP contribution is -2.13. The van der Waals surface area contributed by atoms with E-state index in [0.29, 0.717) is 6.54 Å². The lowest BCUT2D eigenvalue weighted by molar-refractivity contribution is -0.117. The molecule has 5 heteroatoms. The van der Waals surface area contributed by atoms with Gasteiger partial charge < -0.3 is 11.1 Å². The summed E-state index contributed by atoms with van der Waals surface area (Å²) in [6.07, 6.45) is 0.263. The molecule has 0 aromatic heterocycles. The number of nitrogens with one attached hydrogen (secondary N) is 1. The molecule has 0 saturated heterocycles. The third-order valence-corrected chi connectivity index (χ3v) is 3.68. The van der Waals surface area contributed by atoms with E-state index in [-0.39, 0.29) is 12.3 Å². The van der Waals surface area contributed by atoms with Crippen LogP contribution in [0.3, 0.4) is 0 Å². The SMILES string of the molecule is NC(=O)Cc1ccc(NCc2ccc(Br)cc2Cl)cc1. The Morgan fingerprint density at radius 1 is 1.20 bits per heavy atom. The predicted molar refractivity (Wildman–Crippen MR) is 85.8 cm³/mol. The predicted octanol–water partition coefficient (Wildman–Crippen LogP) is 3.74. The Balaban J connectivity index is 1.98. The molecule has 0 aliphatic heterocycles. The summed E-state index contributed by atoms with van der Waals surface area (Å²) in [6.45, 7) is 0.640. The Morgan fingerprint density at radius 2 is 1.90 bits per heavy atom. The molecule has 0 heterocycles. The van der Waals surface area contributed by atoms with E-state index in [1.165, 1.54) is 0 Å². The van der Waals surface area contributed by atoms with Crippen molar-refractivity contribution in [3.63, 3.8) is 0 Å². The maximum Gasteiger partial charge on any atom is 0.221 e. The lowest BCUT2D eigenvalue weighted by Gasteiger charge is -2.09. The number of rotatable bonds is 5. The van der Waals surface area contributed by atoms with Crippen molar-refractivity contribution >= 4 is 39.1 Å². The van der Waals surface area contributed by atoms with Crippen LogP contribution in [0.1, 0.15) is 11.1 Å². The number of primary amides is 1. The van der Waals surface area contributed by atoms with Gasteiger partial charge in [0.2, 0.25) is 5.91 Å². The number of hydrogen-bond acceptors (Lipinski definition) is 2. The summed E-state index contributed by atoms with van der Waals surface area (Å²) in [4.78, 5) is 10.8. The molecule has 0 fully saturated rings. The largest absolute Gasteiger partial charge is 0.381 e. The molecule has 0 unspecified atom stereocenters. The fraction of sp³-hybridized carbons (Fsp3) is 0.133. The van der Waals surface area contributed by atoms with Crippen LogP contribution >= 0.6 is 27.5 Å². The van der Waals surface area contributed by atoms with E-state index in [0.717, 1.165) is 26.3 Å². The van der Waals surface area contributed by atoms with E-state index in [4.69, 9.17) is 17.3 Å². The Morgan fingerprint density at radius 3 is 2.50 bits per heavy atom. The fourth-order valence-corrected chi connectivity index (χ4v) is 2.54. The minimum absolute atomic E-state index is 0.263. The first-order valence-corrected chi connectivity index (χ1v) is 7.27. The van der Waals surface area contributed by atoms with Gasteiger partial charge in [-0.2, -0.15) is 0 Å². The standard InChI is InChI=1S/C15H14BrClN2O/c16-12-4-3-11(14(17)8-12)9-19-13-5-1-10(2-6-13)7-15(18)20/h1-6,8,19H,7,9H2,(H2,18,20). The number of nitrogens with two attached hydrogens (primary N) is 1. The highest BCUT2D eigenvalue weighted by Crippen LogP contribution is 2.22. The summed E-state index contributed by atoms with van der Waals surface area (Å²) in [5.74, 6) is -0.327. The normalized spacial score (nSPS) is 10.3. The second-order valence-corrected chi connectivity index (χ2v) is 5.75. The minimum Gasteiger partial charge on any atom is -0.381 e. The quantitative estimate of drug-likeness (QED) is 0.860. The van der Waals surface area contributed by atoms with E-state index >= 15 is 0 Å². The molecule has 0 spiro atoms. The van der Waals surface area contributed by atoms with Crippen LogP contribution in [-0.2, 0) is 17.8 Å². The summed E-state index contributed by atoms with van der Waals surface area (Å²) >= 11 is 9.53. The van der Waals surface area contributed by atoms with Crippen molar-refractivity contribution in [1.82, 2.24) is 0 Å². The Bertz CT molecular complexity index is 614. The van der Waals surface area contributed by atoms with E-state index < -0.39 is 0 Å². The van der Waals surface area contributed by atoms with Crippen molar-refractivity contribution in [1.29, 1.82) is 0 Å². The first-order valence-electron chi connectivity index (χ1n) is 6.09. The molecule has 20 heavy (non-hydrogen) atoms. The van der Waals surface area contributed by atoms with Gasteiger partial charge in [0.15, 0.2) is 0 Å². The van der Waals surface area contributed by atoms with Crippen molar-refractivity contribution < 1.29 is 4.79 Å². The van der Waals surface area contributed by atoms with Gasteiger partial charge in [-0.25, -0.2) is 0 Å². The smallest absolute Gasteiger partial charge is 0.221 e. The molecule has 2 aromatic rings.